The Hall–Kier alpha value is -1.56. The molecule has 110 valence electrons. The van der Waals surface area contributed by atoms with Gasteiger partial charge in [0.1, 0.15) is 0 Å². The summed E-state index contributed by atoms with van der Waals surface area (Å²) in [7, 11) is 0. The highest BCUT2D eigenvalue weighted by molar-refractivity contribution is 5.41. The summed E-state index contributed by atoms with van der Waals surface area (Å²) in [4.78, 5) is 0. The third kappa shape index (κ3) is 3.37. The van der Waals surface area contributed by atoms with Crippen molar-refractivity contribution in [2.45, 2.75) is 58.8 Å². The van der Waals surface area contributed by atoms with E-state index in [0.29, 0.717) is 11.8 Å². The van der Waals surface area contributed by atoms with Crippen LogP contribution < -0.4 is 0 Å². The van der Waals surface area contributed by atoms with E-state index in [9.17, 15) is 0 Å². The highest BCUT2D eigenvalue weighted by Gasteiger charge is 2.24. The van der Waals surface area contributed by atoms with Gasteiger partial charge in [-0.1, -0.05) is 77.9 Å². The zero-order valence-electron chi connectivity index (χ0n) is 14.1. The van der Waals surface area contributed by atoms with Gasteiger partial charge in [0.25, 0.3) is 0 Å². The summed E-state index contributed by atoms with van der Waals surface area (Å²) in [6, 6.07) is 19.8. The minimum Gasteiger partial charge on any atom is -0.0587 e. The van der Waals surface area contributed by atoms with Gasteiger partial charge in [0, 0.05) is 5.41 Å². The first-order chi connectivity index (χ1) is 9.82. The van der Waals surface area contributed by atoms with Crippen LogP contribution in [-0.4, -0.2) is 0 Å². The Bertz CT molecular complexity index is 549. The maximum atomic E-state index is 3.36. The summed E-state index contributed by atoms with van der Waals surface area (Å²) >= 11 is 0. The molecule has 0 spiro atoms. The zero-order chi connectivity index (χ0) is 15.6. The lowest BCUT2D eigenvalue weighted by Crippen LogP contribution is -2.19. The Morgan fingerprint density at radius 2 is 1.14 bits per heavy atom. The van der Waals surface area contributed by atoms with Gasteiger partial charge in [0.2, 0.25) is 0 Å². The summed E-state index contributed by atoms with van der Waals surface area (Å²) in [5.41, 5.74) is 5.27. The summed E-state index contributed by atoms with van der Waals surface area (Å²) in [5, 5.41) is 0. The molecule has 0 saturated heterocycles. The van der Waals surface area contributed by atoms with Gasteiger partial charge in [0.05, 0.1) is 0 Å². The van der Waals surface area contributed by atoms with Crippen molar-refractivity contribution in [2.75, 3.05) is 0 Å². The van der Waals surface area contributed by atoms with E-state index in [2.05, 4.69) is 90.1 Å². The first-order valence-corrected chi connectivity index (χ1v) is 7.86. The highest BCUT2D eigenvalue weighted by Crippen LogP contribution is 2.34. The lowest BCUT2D eigenvalue weighted by molar-refractivity contribution is 0.635. The van der Waals surface area contributed by atoms with Crippen LogP contribution in [0.5, 0.6) is 0 Å². The molecular weight excluding hydrogens is 252 g/mol. The Balaban J connectivity index is 2.46. The standard InChI is InChI=1S/C21H26/c1-15(2)17-9-7-11-19(13-17)21(5,6)20-12-8-10-18(14-20)16(3)4/h7-8,11-16H,1-6H3. The molecule has 0 aliphatic heterocycles. The molecule has 0 saturated carbocycles. The van der Waals surface area contributed by atoms with E-state index in [1.807, 2.05) is 0 Å². The van der Waals surface area contributed by atoms with Gasteiger partial charge in [0.15, 0.2) is 0 Å². The van der Waals surface area contributed by atoms with Crippen LogP contribution in [0.3, 0.4) is 0 Å². The van der Waals surface area contributed by atoms with E-state index < -0.39 is 0 Å². The van der Waals surface area contributed by atoms with Crippen molar-refractivity contribution in [3.05, 3.63) is 70.8 Å². The average Bonchev–Trinajstić information content (AvgIpc) is 2.47. The Morgan fingerprint density at radius 1 is 0.762 bits per heavy atom. The largest absolute Gasteiger partial charge is 0.0587 e. The minimum absolute atomic E-state index is 0.00250. The molecule has 0 heteroatoms. The van der Waals surface area contributed by atoms with Gasteiger partial charge in [-0.2, -0.15) is 0 Å². The molecule has 0 aliphatic carbocycles. The number of hydrogen-bond acceptors (Lipinski definition) is 0. The normalized spacial score (nSPS) is 12.2. The van der Waals surface area contributed by atoms with E-state index in [1.54, 1.807) is 0 Å². The molecule has 21 heavy (non-hydrogen) atoms. The Morgan fingerprint density at radius 3 is 1.48 bits per heavy atom. The summed E-state index contributed by atoms with van der Waals surface area (Å²) in [5.74, 6) is 1.02. The molecule has 0 amide bonds. The van der Waals surface area contributed by atoms with Gasteiger partial charge in [-0.3, -0.25) is 0 Å². The van der Waals surface area contributed by atoms with Crippen LogP contribution in [0.25, 0.3) is 0 Å². The lowest BCUT2D eigenvalue weighted by atomic mass is 9.76. The molecule has 2 aromatic carbocycles. The fourth-order valence-electron chi connectivity index (χ4n) is 2.58. The van der Waals surface area contributed by atoms with Crippen LogP contribution in [0.2, 0.25) is 0 Å². The second-order valence-corrected chi connectivity index (χ2v) is 7.00. The fourth-order valence-corrected chi connectivity index (χ4v) is 2.58. The minimum atomic E-state index is -0.00250. The molecule has 0 bridgehead atoms. The molecule has 0 unspecified atom stereocenters. The van der Waals surface area contributed by atoms with Gasteiger partial charge in [-0.05, 0) is 46.2 Å². The van der Waals surface area contributed by atoms with Crippen molar-refractivity contribution in [3.63, 3.8) is 0 Å². The molecular formula is C21H26. The summed E-state index contributed by atoms with van der Waals surface area (Å²) < 4.78 is 0. The van der Waals surface area contributed by atoms with Crippen molar-refractivity contribution in [3.8, 4) is 0 Å². The zero-order valence-corrected chi connectivity index (χ0v) is 14.1. The van der Waals surface area contributed by atoms with E-state index in [1.165, 1.54) is 22.3 Å². The number of hydrogen-bond donors (Lipinski definition) is 0. The number of rotatable bonds is 4. The monoisotopic (exact) mass is 278 g/mol. The molecule has 0 heterocycles. The van der Waals surface area contributed by atoms with Crippen molar-refractivity contribution >= 4 is 0 Å². The van der Waals surface area contributed by atoms with Crippen molar-refractivity contribution < 1.29 is 0 Å². The van der Waals surface area contributed by atoms with Crippen molar-refractivity contribution in [1.82, 2.24) is 0 Å². The number of benzene rings is 2. The van der Waals surface area contributed by atoms with E-state index in [0.717, 1.165) is 0 Å². The molecule has 2 radical (unpaired) electrons. The smallest absolute Gasteiger partial charge is 0.0146 e. The maximum absolute atomic E-state index is 3.36. The maximum Gasteiger partial charge on any atom is 0.0146 e. The molecule has 2 aromatic rings. The van der Waals surface area contributed by atoms with E-state index in [-0.39, 0.29) is 5.41 Å². The van der Waals surface area contributed by atoms with Crippen LogP contribution >= 0.6 is 0 Å². The lowest BCUT2D eigenvalue weighted by Gasteiger charge is -2.28. The van der Waals surface area contributed by atoms with Gasteiger partial charge >= 0.3 is 0 Å². The molecule has 0 fully saturated rings. The topological polar surface area (TPSA) is 0 Å². The van der Waals surface area contributed by atoms with Gasteiger partial charge < -0.3 is 0 Å². The van der Waals surface area contributed by atoms with E-state index in [4.69, 9.17) is 0 Å². The molecule has 0 aromatic heterocycles. The predicted molar refractivity (Wildman–Crippen MR) is 90.9 cm³/mol. The Labute approximate surface area is 130 Å². The first-order valence-electron chi connectivity index (χ1n) is 7.86. The predicted octanol–water partition coefficient (Wildman–Crippen LogP) is 5.86. The molecule has 0 atom stereocenters. The third-order valence-corrected chi connectivity index (χ3v) is 4.34. The SMILES string of the molecule is CC(C)c1[c]ccc(C(C)(C)c2cc[c]c(C(C)C)c2)c1. The van der Waals surface area contributed by atoms with Crippen molar-refractivity contribution in [2.24, 2.45) is 0 Å². The molecule has 0 N–H and O–H groups in total. The summed E-state index contributed by atoms with van der Waals surface area (Å²) in [6.07, 6.45) is 0. The van der Waals surface area contributed by atoms with Crippen LogP contribution in [0.4, 0.5) is 0 Å². The summed E-state index contributed by atoms with van der Waals surface area (Å²) in [6.45, 7) is 13.5. The highest BCUT2D eigenvalue weighted by atomic mass is 14.3. The molecule has 0 nitrogen and oxygen atoms in total. The van der Waals surface area contributed by atoms with Crippen LogP contribution in [-0.2, 0) is 5.41 Å². The molecule has 0 aliphatic rings. The van der Waals surface area contributed by atoms with E-state index >= 15 is 0 Å². The van der Waals surface area contributed by atoms with Crippen LogP contribution in [0.15, 0.2) is 36.4 Å². The molecule has 2 rings (SSSR count). The fraction of sp³-hybridized carbons (Fsp3) is 0.429. The average molecular weight is 278 g/mol. The quantitative estimate of drug-likeness (QED) is 0.657. The van der Waals surface area contributed by atoms with Crippen LogP contribution in [0, 0.1) is 12.1 Å². The third-order valence-electron chi connectivity index (χ3n) is 4.34. The van der Waals surface area contributed by atoms with Crippen LogP contribution in [0.1, 0.15) is 75.6 Å². The Kier molecular flexibility index (Phi) is 4.56. The second-order valence-electron chi connectivity index (χ2n) is 7.00. The van der Waals surface area contributed by atoms with Gasteiger partial charge in [-0.15, -0.1) is 0 Å². The van der Waals surface area contributed by atoms with Gasteiger partial charge in [-0.25, -0.2) is 0 Å². The second kappa shape index (κ2) is 6.05. The first kappa shape index (κ1) is 15.8. The van der Waals surface area contributed by atoms with Crippen molar-refractivity contribution in [1.29, 1.82) is 0 Å².